The third-order valence-corrected chi connectivity index (χ3v) is 3.14. The van der Waals surface area contributed by atoms with Crippen molar-refractivity contribution in [1.29, 1.82) is 0 Å². The molecule has 0 spiro atoms. The van der Waals surface area contributed by atoms with E-state index in [-0.39, 0.29) is 17.9 Å². The lowest BCUT2D eigenvalue weighted by atomic mass is 9.94. The van der Waals surface area contributed by atoms with Crippen LogP contribution in [0.2, 0.25) is 5.02 Å². The van der Waals surface area contributed by atoms with Crippen molar-refractivity contribution in [3.63, 3.8) is 0 Å². The van der Waals surface area contributed by atoms with Crippen molar-refractivity contribution >= 4 is 23.1 Å². The van der Waals surface area contributed by atoms with Gasteiger partial charge in [0.25, 0.3) is 0 Å². The molecule has 1 aliphatic rings. The number of hydrogen-bond acceptors (Lipinski definition) is 3. The molecule has 0 aromatic heterocycles. The van der Waals surface area contributed by atoms with Crippen LogP contribution in [-0.4, -0.2) is 31.5 Å². The number of benzene rings is 1. The molecule has 1 heterocycles. The Morgan fingerprint density at radius 2 is 2.10 bits per heavy atom. The summed E-state index contributed by atoms with van der Waals surface area (Å²) < 4.78 is 36.5. The second-order valence-electron chi connectivity index (χ2n) is 4.35. The molecule has 1 aliphatic heterocycles. The standard InChI is InChI=1S/C14H13ClF2O3/c1-2-19-13(18)11-6-14(7-16,8-17)20-12-4-3-9(15)5-10(11)12/h3-6H,2,7-8H2,1H3. The van der Waals surface area contributed by atoms with Crippen molar-refractivity contribution in [2.24, 2.45) is 0 Å². The quantitative estimate of drug-likeness (QED) is 0.800. The molecule has 2 rings (SSSR count). The highest BCUT2D eigenvalue weighted by atomic mass is 35.5. The smallest absolute Gasteiger partial charge is 0.338 e. The summed E-state index contributed by atoms with van der Waals surface area (Å²) in [5, 5.41) is 0.385. The maximum absolute atomic E-state index is 13.1. The van der Waals surface area contributed by atoms with E-state index in [1.807, 2.05) is 0 Å². The number of ether oxygens (including phenoxy) is 2. The zero-order chi connectivity index (χ0) is 14.8. The highest BCUT2D eigenvalue weighted by molar-refractivity contribution is 6.31. The van der Waals surface area contributed by atoms with Crippen LogP contribution in [0.5, 0.6) is 5.75 Å². The largest absolute Gasteiger partial charge is 0.477 e. The average molecular weight is 303 g/mol. The number of hydrogen-bond donors (Lipinski definition) is 0. The van der Waals surface area contributed by atoms with Crippen molar-refractivity contribution < 1.29 is 23.0 Å². The molecule has 0 unspecified atom stereocenters. The van der Waals surface area contributed by atoms with Gasteiger partial charge in [0.1, 0.15) is 19.1 Å². The first-order chi connectivity index (χ1) is 9.55. The number of esters is 1. The van der Waals surface area contributed by atoms with Crippen molar-refractivity contribution in [3.8, 4) is 5.75 Å². The van der Waals surface area contributed by atoms with E-state index in [1.165, 1.54) is 18.2 Å². The van der Waals surface area contributed by atoms with Crippen LogP contribution in [-0.2, 0) is 9.53 Å². The van der Waals surface area contributed by atoms with Crippen LogP contribution in [0.25, 0.3) is 5.57 Å². The number of rotatable bonds is 4. The van der Waals surface area contributed by atoms with Crippen LogP contribution in [0.1, 0.15) is 12.5 Å². The lowest BCUT2D eigenvalue weighted by molar-refractivity contribution is -0.136. The third-order valence-electron chi connectivity index (χ3n) is 2.90. The van der Waals surface area contributed by atoms with E-state index in [1.54, 1.807) is 6.92 Å². The fourth-order valence-corrected chi connectivity index (χ4v) is 2.11. The van der Waals surface area contributed by atoms with E-state index in [9.17, 15) is 13.6 Å². The van der Waals surface area contributed by atoms with E-state index in [0.717, 1.165) is 6.08 Å². The number of carbonyl (C=O) groups is 1. The maximum Gasteiger partial charge on any atom is 0.338 e. The second kappa shape index (κ2) is 5.79. The summed E-state index contributed by atoms with van der Waals surface area (Å²) in [6.07, 6.45) is 1.13. The maximum atomic E-state index is 13.1. The minimum absolute atomic E-state index is 0.0610. The topological polar surface area (TPSA) is 35.5 Å². The molecular weight excluding hydrogens is 290 g/mol. The molecule has 6 heteroatoms. The number of alkyl halides is 2. The minimum Gasteiger partial charge on any atom is -0.477 e. The Labute approximate surface area is 120 Å². The molecule has 0 amide bonds. The SMILES string of the molecule is CCOC(=O)C1=CC(CF)(CF)Oc2ccc(Cl)cc21. The van der Waals surface area contributed by atoms with Crippen molar-refractivity contribution in [3.05, 3.63) is 34.9 Å². The van der Waals surface area contributed by atoms with Gasteiger partial charge in [0, 0.05) is 10.6 Å². The van der Waals surface area contributed by atoms with E-state index in [4.69, 9.17) is 21.1 Å². The van der Waals surface area contributed by atoms with Gasteiger partial charge in [0.15, 0.2) is 5.60 Å². The van der Waals surface area contributed by atoms with Crippen LogP contribution in [0.15, 0.2) is 24.3 Å². The fourth-order valence-electron chi connectivity index (χ4n) is 1.94. The molecule has 0 N–H and O–H groups in total. The lowest BCUT2D eigenvalue weighted by Gasteiger charge is -2.32. The summed E-state index contributed by atoms with van der Waals surface area (Å²) in [6.45, 7) is -0.373. The predicted molar refractivity (Wildman–Crippen MR) is 71.4 cm³/mol. The zero-order valence-corrected chi connectivity index (χ0v) is 11.5. The molecule has 0 bridgehead atoms. The molecule has 3 nitrogen and oxygen atoms in total. The molecular formula is C14H13ClF2O3. The lowest BCUT2D eigenvalue weighted by Crippen LogP contribution is -2.42. The molecule has 20 heavy (non-hydrogen) atoms. The second-order valence-corrected chi connectivity index (χ2v) is 4.79. The van der Waals surface area contributed by atoms with Crippen molar-refractivity contribution in [1.82, 2.24) is 0 Å². The van der Waals surface area contributed by atoms with Gasteiger partial charge in [0.2, 0.25) is 0 Å². The van der Waals surface area contributed by atoms with Crippen LogP contribution in [0.4, 0.5) is 8.78 Å². The summed E-state index contributed by atoms with van der Waals surface area (Å²) in [4.78, 5) is 12.0. The van der Waals surface area contributed by atoms with Crippen LogP contribution in [0.3, 0.4) is 0 Å². The van der Waals surface area contributed by atoms with Gasteiger partial charge in [-0.05, 0) is 31.2 Å². The molecule has 1 aromatic carbocycles. The summed E-state index contributed by atoms with van der Waals surface area (Å²) in [5.74, 6) is -0.458. The number of carbonyl (C=O) groups excluding carboxylic acids is 1. The summed E-state index contributed by atoms with van der Waals surface area (Å²) in [7, 11) is 0. The fraction of sp³-hybridized carbons (Fsp3) is 0.357. The average Bonchev–Trinajstić information content (AvgIpc) is 2.46. The van der Waals surface area contributed by atoms with Gasteiger partial charge in [-0.1, -0.05) is 11.6 Å². The number of fused-ring (bicyclic) bond motifs is 1. The Kier molecular flexibility index (Phi) is 4.28. The molecule has 0 radical (unpaired) electrons. The normalized spacial score (nSPS) is 15.9. The van der Waals surface area contributed by atoms with E-state index < -0.39 is 24.9 Å². The molecule has 0 saturated carbocycles. The van der Waals surface area contributed by atoms with Gasteiger partial charge in [-0.15, -0.1) is 0 Å². The molecule has 0 saturated heterocycles. The molecule has 1 aromatic rings. The first-order valence-corrected chi connectivity index (χ1v) is 6.44. The molecule has 0 atom stereocenters. The van der Waals surface area contributed by atoms with Gasteiger partial charge >= 0.3 is 5.97 Å². The predicted octanol–water partition coefficient (Wildman–Crippen LogP) is 3.36. The van der Waals surface area contributed by atoms with Crippen LogP contribution >= 0.6 is 11.6 Å². The van der Waals surface area contributed by atoms with Gasteiger partial charge in [-0.3, -0.25) is 0 Å². The molecule has 0 aliphatic carbocycles. The highest BCUT2D eigenvalue weighted by Gasteiger charge is 2.38. The summed E-state index contributed by atoms with van der Waals surface area (Å²) >= 11 is 5.88. The van der Waals surface area contributed by atoms with E-state index in [2.05, 4.69) is 0 Å². The van der Waals surface area contributed by atoms with Crippen molar-refractivity contribution in [2.75, 3.05) is 20.0 Å². The summed E-state index contributed by atoms with van der Waals surface area (Å²) in [6, 6.07) is 4.50. The number of halogens is 3. The first-order valence-electron chi connectivity index (χ1n) is 6.06. The Morgan fingerprint density at radius 1 is 1.40 bits per heavy atom. The summed E-state index contributed by atoms with van der Waals surface area (Å²) in [5.41, 5.74) is -1.36. The molecule has 108 valence electrons. The first kappa shape index (κ1) is 14.8. The van der Waals surface area contributed by atoms with Gasteiger partial charge in [0.05, 0.1) is 12.2 Å². The van der Waals surface area contributed by atoms with E-state index in [0.29, 0.717) is 10.6 Å². The Hall–Kier alpha value is -1.62. The van der Waals surface area contributed by atoms with Crippen LogP contribution < -0.4 is 4.74 Å². The molecule has 0 fully saturated rings. The monoisotopic (exact) mass is 302 g/mol. The Morgan fingerprint density at radius 3 is 2.70 bits per heavy atom. The van der Waals surface area contributed by atoms with E-state index >= 15 is 0 Å². The minimum atomic E-state index is -1.79. The Bertz CT molecular complexity index is 553. The van der Waals surface area contributed by atoms with Gasteiger partial charge < -0.3 is 9.47 Å². The van der Waals surface area contributed by atoms with Gasteiger partial charge in [-0.25, -0.2) is 13.6 Å². The Balaban J connectivity index is 2.55. The van der Waals surface area contributed by atoms with Gasteiger partial charge in [-0.2, -0.15) is 0 Å². The zero-order valence-electron chi connectivity index (χ0n) is 10.8. The van der Waals surface area contributed by atoms with Crippen molar-refractivity contribution in [2.45, 2.75) is 12.5 Å². The highest BCUT2D eigenvalue weighted by Crippen LogP contribution is 2.38. The third kappa shape index (κ3) is 2.63. The van der Waals surface area contributed by atoms with Crippen LogP contribution in [0, 0.1) is 0 Å².